The fourth-order valence-corrected chi connectivity index (χ4v) is 2.83. The number of hydrogen-bond acceptors (Lipinski definition) is 3. The Morgan fingerprint density at radius 3 is 2.81 bits per heavy atom. The van der Waals surface area contributed by atoms with Gasteiger partial charge in [-0.25, -0.2) is 0 Å². The summed E-state index contributed by atoms with van der Waals surface area (Å²) in [6.45, 7) is 9.16. The molecule has 0 aromatic heterocycles. The zero-order chi connectivity index (χ0) is 17.7. The van der Waals surface area contributed by atoms with Crippen LogP contribution in [0.2, 0.25) is 0 Å². The third-order valence-electron chi connectivity index (χ3n) is 4.32. The minimum absolute atomic E-state index is 0. The molecule has 148 valence electrons. The highest BCUT2D eigenvalue weighted by atomic mass is 127. The van der Waals surface area contributed by atoms with Gasteiger partial charge in [-0.3, -0.25) is 4.99 Å². The van der Waals surface area contributed by atoms with E-state index in [0.29, 0.717) is 12.0 Å². The molecule has 1 fully saturated rings. The predicted octanol–water partition coefficient (Wildman–Crippen LogP) is 3.55. The normalized spacial score (nSPS) is 18.2. The molecule has 1 heterocycles. The lowest BCUT2D eigenvalue weighted by atomic mass is 10.0. The second kappa shape index (κ2) is 14.2. The number of halogens is 1. The lowest BCUT2D eigenvalue weighted by molar-refractivity contribution is 0.0168. The lowest BCUT2D eigenvalue weighted by Gasteiger charge is -2.14. The summed E-state index contributed by atoms with van der Waals surface area (Å²) in [5.41, 5.74) is 1.32. The van der Waals surface area contributed by atoms with Crippen molar-refractivity contribution >= 4 is 29.9 Å². The number of ether oxygens (including phenoxy) is 2. The molecule has 2 unspecified atom stereocenters. The summed E-state index contributed by atoms with van der Waals surface area (Å²) in [6.07, 6.45) is 3.58. The topological polar surface area (TPSA) is 54.9 Å². The van der Waals surface area contributed by atoms with E-state index in [2.05, 4.69) is 48.7 Å². The van der Waals surface area contributed by atoms with E-state index in [1.807, 2.05) is 6.07 Å². The fourth-order valence-electron chi connectivity index (χ4n) is 2.83. The number of guanidine groups is 1. The van der Waals surface area contributed by atoms with Gasteiger partial charge in [0.25, 0.3) is 0 Å². The van der Waals surface area contributed by atoms with Crippen molar-refractivity contribution < 1.29 is 9.47 Å². The Kier molecular flexibility index (Phi) is 12.7. The van der Waals surface area contributed by atoms with Gasteiger partial charge >= 0.3 is 0 Å². The maximum absolute atomic E-state index is 5.69. The lowest BCUT2D eigenvalue weighted by Crippen LogP contribution is -2.38. The Morgan fingerprint density at radius 1 is 1.31 bits per heavy atom. The second-order valence-electron chi connectivity index (χ2n) is 6.52. The van der Waals surface area contributed by atoms with Crippen LogP contribution in [0.15, 0.2) is 35.3 Å². The first-order chi connectivity index (χ1) is 12.3. The Balaban J connectivity index is 0.00000338. The van der Waals surface area contributed by atoms with E-state index in [1.165, 1.54) is 12.0 Å². The largest absolute Gasteiger partial charge is 0.379 e. The highest BCUT2D eigenvalue weighted by Crippen LogP contribution is 2.14. The summed E-state index contributed by atoms with van der Waals surface area (Å²) < 4.78 is 11.2. The average Bonchev–Trinajstić information content (AvgIpc) is 3.16. The van der Waals surface area contributed by atoms with E-state index in [-0.39, 0.29) is 24.0 Å². The summed E-state index contributed by atoms with van der Waals surface area (Å²) in [6, 6.07) is 10.5. The van der Waals surface area contributed by atoms with Gasteiger partial charge in [0.05, 0.1) is 12.7 Å². The highest BCUT2D eigenvalue weighted by molar-refractivity contribution is 14.0. The van der Waals surface area contributed by atoms with Crippen molar-refractivity contribution in [1.29, 1.82) is 0 Å². The molecule has 1 aliphatic rings. The van der Waals surface area contributed by atoms with E-state index in [9.17, 15) is 0 Å². The van der Waals surface area contributed by atoms with Gasteiger partial charge in [-0.05, 0) is 31.7 Å². The van der Waals surface area contributed by atoms with Crippen LogP contribution >= 0.6 is 24.0 Å². The predicted molar refractivity (Wildman–Crippen MR) is 119 cm³/mol. The van der Waals surface area contributed by atoms with Crippen LogP contribution in [0, 0.1) is 0 Å². The number of aliphatic imine (C=N–C) groups is 1. The van der Waals surface area contributed by atoms with Crippen LogP contribution in [0.3, 0.4) is 0 Å². The molecule has 26 heavy (non-hydrogen) atoms. The molecular formula is C20H34IN3O2. The molecule has 0 bridgehead atoms. The van der Waals surface area contributed by atoms with E-state index < -0.39 is 0 Å². The number of rotatable bonds is 10. The van der Waals surface area contributed by atoms with E-state index in [0.717, 1.165) is 58.3 Å². The molecule has 1 saturated heterocycles. The quantitative estimate of drug-likeness (QED) is 0.235. The monoisotopic (exact) mass is 475 g/mol. The van der Waals surface area contributed by atoms with E-state index >= 15 is 0 Å². The van der Waals surface area contributed by atoms with Crippen molar-refractivity contribution in [3.63, 3.8) is 0 Å². The molecule has 1 aromatic rings. The first-order valence-corrected chi connectivity index (χ1v) is 9.56. The van der Waals surface area contributed by atoms with Crippen molar-refractivity contribution in [3.8, 4) is 0 Å². The van der Waals surface area contributed by atoms with E-state index in [4.69, 9.17) is 14.5 Å². The average molecular weight is 475 g/mol. The number of hydrogen-bond donors (Lipinski definition) is 2. The molecule has 6 heteroatoms. The Hall–Kier alpha value is -0.860. The molecule has 0 saturated carbocycles. The van der Waals surface area contributed by atoms with Crippen molar-refractivity contribution in [3.05, 3.63) is 35.9 Å². The van der Waals surface area contributed by atoms with Crippen molar-refractivity contribution in [1.82, 2.24) is 10.6 Å². The molecular weight excluding hydrogens is 441 g/mol. The smallest absolute Gasteiger partial charge is 0.191 e. The van der Waals surface area contributed by atoms with Crippen LogP contribution < -0.4 is 10.6 Å². The van der Waals surface area contributed by atoms with Crippen LogP contribution in [0.25, 0.3) is 0 Å². The van der Waals surface area contributed by atoms with Crippen LogP contribution in [-0.2, 0) is 9.47 Å². The Labute approximate surface area is 175 Å². The molecule has 2 N–H and O–H groups in total. The summed E-state index contributed by atoms with van der Waals surface area (Å²) in [4.78, 5) is 4.70. The first kappa shape index (κ1) is 23.2. The van der Waals surface area contributed by atoms with Gasteiger partial charge < -0.3 is 20.1 Å². The maximum Gasteiger partial charge on any atom is 0.191 e. The van der Waals surface area contributed by atoms with Gasteiger partial charge in [0.15, 0.2) is 5.96 Å². The minimum Gasteiger partial charge on any atom is -0.379 e. The van der Waals surface area contributed by atoms with E-state index in [1.54, 1.807) is 0 Å². The molecule has 0 radical (unpaired) electrons. The molecule has 2 atom stereocenters. The highest BCUT2D eigenvalue weighted by Gasteiger charge is 2.14. The summed E-state index contributed by atoms with van der Waals surface area (Å²) in [7, 11) is 0. The van der Waals surface area contributed by atoms with Gasteiger partial charge in [0.1, 0.15) is 0 Å². The number of benzene rings is 1. The third-order valence-corrected chi connectivity index (χ3v) is 4.32. The fraction of sp³-hybridized carbons (Fsp3) is 0.650. The molecule has 1 aromatic carbocycles. The second-order valence-corrected chi connectivity index (χ2v) is 6.52. The third kappa shape index (κ3) is 9.19. The molecule has 1 aliphatic heterocycles. The van der Waals surface area contributed by atoms with Gasteiger partial charge in [-0.1, -0.05) is 37.3 Å². The molecule has 0 amide bonds. The van der Waals surface area contributed by atoms with Gasteiger partial charge in [-0.2, -0.15) is 0 Å². The number of nitrogens with zero attached hydrogens (tertiary/aromatic N) is 1. The summed E-state index contributed by atoms with van der Waals surface area (Å²) >= 11 is 0. The standard InChI is InChI=1S/C20H33N3O2.HI/c1-3-21-20(23-15-17(2)18-9-5-4-6-10-18)22-12-8-13-24-16-19-11-7-14-25-19;/h4-6,9-10,17,19H,3,7-8,11-16H2,1-2H3,(H2,21,22,23);1H. The SMILES string of the molecule is CCNC(=NCC(C)c1ccccc1)NCCCOCC1CCCO1.I. The zero-order valence-corrected chi connectivity index (χ0v) is 18.4. The van der Waals surface area contributed by atoms with Crippen LogP contribution in [0.5, 0.6) is 0 Å². The molecule has 5 nitrogen and oxygen atoms in total. The Morgan fingerprint density at radius 2 is 2.12 bits per heavy atom. The van der Waals surface area contributed by atoms with Gasteiger partial charge in [0, 0.05) is 38.8 Å². The molecule has 0 aliphatic carbocycles. The molecule has 0 spiro atoms. The van der Waals surface area contributed by atoms with Crippen LogP contribution in [0.4, 0.5) is 0 Å². The van der Waals surface area contributed by atoms with Gasteiger partial charge in [0.2, 0.25) is 0 Å². The molecule has 2 rings (SSSR count). The number of nitrogens with one attached hydrogen (secondary N) is 2. The maximum atomic E-state index is 5.69. The minimum atomic E-state index is 0. The van der Waals surface area contributed by atoms with Crippen molar-refractivity contribution in [2.24, 2.45) is 4.99 Å². The Bertz CT molecular complexity index is 493. The van der Waals surface area contributed by atoms with Crippen molar-refractivity contribution in [2.75, 3.05) is 39.5 Å². The van der Waals surface area contributed by atoms with Gasteiger partial charge in [-0.15, -0.1) is 24.0 Å². The first-order valence-electron chi connectivity index (χ1n) is 9.56. The summed E-state index contributed by atoms with van der Waals surface area (Å²) in [5.74, 6) is 1.29. The zero-order valence-electron chi connectivity index (χ0n) is 16.1. The van der Waals surface area contributed by atoms with Crippen LogP contribution in [0.1, 0.15) is 44.6 Å². The van der Waals surface area contributed by atoms with Crippen LogP contribution in [-0.4, -0.2) is 51.5 Å². The van der Waals surface area contributed by atoms with Crippen molar-refractivity contribution in [2.45, 2.75) is 45.1 Å². The summed E-state index contributed by atoms with van der Waals surface area (Å²) in [5, 5.41) is 6.69.